The minimum Gasteiger partial charge on any atom is -0.483 e. The van der Waals surface area contributed by atoms with Crippen LogP contribution in [0, 0.1) is 0 Å². The Morgan fingerprint density at radius 2 is 1.97 bits per heavy atom. The molecule has 0 saturated carbocycles. The number of aromatic nitrogens is 4. The number of ether oxygens (including phenoxy) is 1. The molecule has 0 fully saturated rings. The molecule has 0 aliphatic carbocycles. The van der Waals surface area contributed by atoms with Crippen molar-refractivity contribution < 1.29 is 9.53 Å². The number of nitrogens with zero attached hydrogens (tertiary/aromatic N) is 4. The first kappa shape index (κ1) is 25.0. The fourth-order valence-electron chi connectivity index (χ4n) is 3.06. The first-order valence-corrected chi connectivity index (χ1v) is 12.3. The molecule has 0 radical (unpaired) electrons. The van der Waals surface area contributed by atoms with Crippen molar-refractivity contribution in [2.24, 2.45) is 0 Å². The molecule has 0 aliphatic heterocycles. The summed E-state index contributed by atoms with van der Waals surface area (Å²) in [7, 11) is 0. The van der Waals surface area contributed by atoms with E-state index < -0.39 is 0 Å². The largest absolute Gasteiger partial charge is 0.483 e. The van der Waals surface area contributed by atoms with Gasteiger partial charge < -0.3 is 10.1 Å². The second-order valence-corrected chi connectivity index (χ2v) is 10.3. The summed E-state index contributed by atoms with van der Waals surface area (Å²) in [6.07, 6.45) is 3.08. The molecule has 3 rings (SSSR count). The number of pyridine rings is 1. The number of hydrogen-bond acceptors (Lipinski definition) is 6. The Hall–Kier alpha value is -2.65. The van der Waals surface area contributed by atoms with Crippen LogP contribution in [0.25, 0.3) is 0 Å². The highest BCUT2D eigenvalue weighted by molar-refractivity contribution is 9.10. The number of halogens is 1. The Morgan fingerprint density at radius 3 is 2.58 bits per heavy atom. The highest BCUT2D eigenvalue weighted by Crippen LogP contribution is 2.28. The van der Waals surface area contributed by atoms with Crippen molar-refractivity contribution in [3.63, 3.8) is 0 Å². The molecule has 33 heavy (non-hydrogen) atoms. The number of carbonyl (C=O) groups is 1. The van der Waals surface area contributed by atoms with E-state index in [9.17, 15) is 4.79 Å². The maximum absolute atomic E-state index is 12.3. The summed E-state index contributed by atoms with van der Waals surface area (Å²) in [6.45, 7) is 12.8. The number of nitrogens with one attached hydrogen (secondary N) is 1. The summed E-state index contributed by atoms with van der Waals surface area (Å²) in [6, 6.07) is 11.7. The molecular formula is C24H28BrN5O2S. The molecule has 2 heterocycles. The van der Waals surface area contributed by atoms with E-state index in [1.165, 1.54) is 17.3 Å². The van der Waals surface area contributed by atoms with E-state index in [-0.39, 0.29) is 23.2 Å². The quantitative estimate of drug-likeness (QED) is 0.279. The lowest BCUT2D eigenvalue weighted by Gasteiger charge is -2.20. The first-order chi connectivity index (χ1) is 15.7. The number of rotatable bonds is 9. The zero-order valence-electron chi connectivity index (χ0n) is 19.2. The first-order valence-electron chi connectivity index (χ1n) is 10.5. The van der Waals surface area contributed by atoms with Crippen LogP contribution in [0.4, 0.5) is 5.82 Å². The average Bonchev–Trinajstić information content (AvgIpc) is 3.17. The van der Waals surface area contributed by atoms with E-state index in [1.54, 1.807) is 18.3 Å². The van der Waals surface area contributed by atoms with Gasteiger partial charge in [0.2, 0.25) is 5.91 Å². The number of benzene rings is 1. The molecule has 0 aliphatic rings. The van der Waals surface area contributed by atoms with Gasteiger partial charge in [0.1, 0.15) is 11.6 Å². The Bertz CT molecular complexity index is 1090. The van der Waals surface area contributed by atoms with E-state index in [0.29, 0.717) is 23.3 Å². The molecule has 7 nitrogen and oxygen atoms in total. The third kappa shape index (κ3) is 6.91. The molecule has 0 saturated heterocycles. The third-order valence-corrected chi connectivity index (χ3v) is 6.22. The third-order valence-electron chi connectivity index (χ3n) is 4.78. The molecule has 3 aromatic rings. The standard InChI is InChI=1S/C24H28BrN5O2S/c1-6-13-30-22(16(2)32-19-10-7-17(8-11-19)24(3,4)5)28-29-23(30)33-15-21(31)27-20-12-9-18(25)14-26-20/h6-12,14,16H,1,13,15H2,2-5H3,(H,26,27,31). The number of carbonyl (C=O) groups excluding carboxylic acids is 1. The molecule has 1 amide bonds. The van der Waals surface area contributed by atoms with Crippen molar-refractivity contribution in [3.8, 4) is 5.75 Å². The van der Waals surface area contributed by atoms with Crippen LogP contribution >= 0.6 is 27.7 Å². The van der Waals surface area contributed by atoms with Crippen LogP contribution in [0.15, 0.2) is 64.9 Å². The van der Waals surface area contributed by atoms with Gasteiger partial charge in [-0.3, -0.25) is 9.36 Å². The molecule has 0 spiro atoms. The predicted molar refractivity (Wildman–Crippen MR) is 136 cm³/mol. The Balaban J connectivity index is 1.66. The number of thioether (sulfide) groups is 1. The zero-order chi connectivity index (χ0) is 24.0. The fraction of sp³-hybridized carbons (Fsp3) is 0.333. The Morgan fingerprint density at radius 1 is 1.24 bits per heavy atom. The van der Waals surface area contributed by atoms with Crippen LogP contribution in [0.3, 0.4) is 0 Å². The Labute approximate surface area is 207 Å². The van der Waals surface area contributed by atoms with Crippen molar-refractivity contribution in [2.75, 3.05) is 11.1 Å². The molecule has 1 unspecified atom stereocenters. The van der Waals surface area contributed by atoms with E-state index in [2.05, 4.69) is 75.9 Å². The molecular weight excluding hydrogens is 502 g/mol. The van der Waals surface area contributed by atoms with E-state index >= 15 is 0 Å². The van der Waals surface area contributed by atoms with Gasteiger partial charge in [0.05, 0.1) is 5.75 Å². The number of allylic oxidation sites excluding steroid dienone is 1. The van der Waals surface area contributed by atoms with Gasteiger partial charge in [-0.15, -0.1) is 16.8 Å². The van der Waals surface area contributed by atoms with Crippen molar-refractivity contribution >= 4 is 39.4 Å². The summed E-state index contributed by atoms with van der Waals surface area (Å²) in [5.74, 6) is 1.94. The summed E-state index contributed by atoms with van der Waals surface area (Å²) in [5.41, 5.74) is 1.33. The van der Waals surface area contributed by atoms with Gasteiger partial charge in [0.25, 0.3) is 0 Å². The van der Waals surface area contributed by atoms with Crippen LogP contribution in [-0.2, 0) is 16.8 Å². The molecule has 1 atom stereocenters. The summed E-state index contributed by atoms with van der Waals surface area (Å²) in [4.78, 5) is 16.5. The minimum absolute atomic E-state index is 0.0835. The molecule has 2 aromatic heterocycles. The van der Waals surface area contributed by atoms with Gasteiger partial charge in [0.15, 0.2) is 17.1 Å². The van der Waals surface area contributed by atoms with Gasteiger partial charge in [-0.1, -0.05) is 50.7 Å². The molecule has 1 N–H and O–H groups in total. The van der Waals surface area contributed by atoms with E-state index in [1.807, 2.05) is 29.7 Å². The van der Waals surface area contributed by atoms with E-state index in [4.69, 9.17) is 4.74 Å². The van der Waals surface area contributed by atoms with Gasteiger partial charge >= 0.3 is 0 Å². The number of hydrogen-bond donors (Lipinski definition) is 1. The van der Waals surface area contributed by atoms with Crippen LogP contribution in [0.1, 0.15) is 45.2 Å². The fourth-order valence-corrected chi connectivity index (χ4v) is 4.05. The lowest BCUT2D eigenvalue weighted by Crippen LogP contribution is -2.16. The highest BCUT2D eigenvalue weighted by Gasteiger charge is 2.20. The lowest BCUT2D eigenvalue weighted by molar-refractivity contribution is -0.113. The van der Waals surface area contributed by atoms with Crippen molar-refractivity contribution in [3.05, 3.63) is 71.1 Å². The average molecular weight is 530 g/mol. The Kier molecular flexibility index (Phi) is 8.31. The maximum atomic E-state index is 12.3. The van der Waals surface area contributed by atoms with E-state index in [0.717, 1.165) is 10.2 Å². The topological polar surface area (TPSA) is 81.9 Å². The molecule has 0 bridgehead atoms. The lowest BCUT2D eigenvalue weighted by atomic mass is 9.87. The van der Waals surface area contributed by atoms with Crippen molar-refractivity contribution in [1.82, 2.24) is 19.7 Å². The van der Waals surface area contributed by atoms with Crippen LogP contribution in [0.5, 0.6) is 5.75 Å². The normalized spacial score (nSPS) is 12.3. The zero-order valence-corrected chi connectivity index (χ0v) is 21.6. The van der Waals surface area contributed by atoms with Crippen LogP contribution in [0.2, 0.25) is 0 Å². The smallest absolute Gasteiger partial charge is 0.236 e. The predicted octanol–water partition coefficient (Wildman–Crippen LogP) is 5.79. The molecule has 1 aromatic carbocycles. The second kappa shape index (κ2) is 11.0. The monoisotopic (exact) mass is 529 g/mol. The van der Waals surface area contributed by atoms with Gasteiger partial charge in [-0.25, -0.2) is 4.98 Å². The number of anilines is 1. The van der Waals surface area contributed by atoms with Gasteiger partial charge in [-0.2, -0.15) is 0 Å². The summed E-state index contributed by atoms with van der Waals surface area (Å²) >= 11 is 4.63. The van der Waals surface area contributed by atoms with Crippen LogP contribution in [-0.4, -0.2) is 31.4 Å². The van der Waals surface area contributed by atoms with Crippen molar-refractivity contribution in [1.29, 1.82) is 0 Å². The summed E-state index contributed by atoms with van der Waals surface area (Å²) < 4.78 is 8.89. The second-order valence-electron chi connectivity index (χ2n) is 8.47. The van der Waals surface area contributed by atoms with Gasteiger partial charge in [0, 0.05) is 17.2 Å². The van der Waals surface area contributed by atoms with Crippen LogP contribution < -0.4 is 10.1 Å². The molecule has 9 heteroatoms. The van der Waals surface area contributed by atoms with Crippen molar-refractivity contribution in [2.45, 2.75) is 50.9 Å². The maximum Gasteiger partial charge on any atom is 0.236 e. The summed E-state index contributed by atoms with van der Waals surface area (Å²) in [5, 5.41) is 12.0. The minimum atomic E-state index is -0.326. The molecule has 174 valence electrons. The van der Waals surface area contributed by atoms with Gasteiger partial charge in [-0.05, 0) is 58.1 Å². The highest BCUT2D eigenvalue weighted by atomic mass is 79.9. The SMILES string of the molecule is C=CCn1c(SCC(=O)Nc2ccc(Br)cn2)nnc1C(C)Oc1ccc(C(C)(C)C)cc1. The number of amides is 1.